The number of nitrogens with zero attached hydrogens (tertiary/aromatic N) is 2. The Bertz CT molecular complexity index is 335. The van der Waals surface area contributed by atoms with Gasteiger partial charge in [0.2, 0.25) is 0 Å². The van der Waals surface area contributed by atoms with Gasteiger partial charge in [-0.25, -0.2) is 4.98 Å². The zero-order valence-corrected chi connectivity index (χ0v) is 11.1. The highest BCUT2D eigenvalue weighted by Gasteiger charge is 2.18. The van der Waals surface area contributed by atoms with E-state index in [-0.39, 0.29) is 0 Å². The second kappa shape index (κ2) is 7.51. The van der Waals surface area contributed by atoms with Crippen LogP contribution in [0.1, 0.15) is 24.5 Å². The molecule has 1 aliphatic rings. The van der Waals surface area contributed by atoms with Crippen LogP contribution >= 0.6 is 0 Å². The van der Waals surface area contributed by atoms with E-state index in [0.29, 0.717) is 25.7 Å². The molecule has 5 nitrogen and oxygen atoms in total. The summed E-state index contributed by atoms with van der Waals surface area (Å²) in [6.07, 6.45) is 6.40. The van der Waals surface area contributed by atoms with Crippen LogP contribution in [-0.2, 0) is 16.0 Å². The molecule has 1 fully saturated rings. The van der Waals surface area contributed by atoms with Gasteiger partial charge in [-0.1, -0.05) is 0 Å². The predicted molar refractivity (Wildman–Crippen MR) is 69.8 cm³/mol. The first-order chi connectivity index (χ1) is 8.92. The average molecular weight is 253 g/mol. The molecule has 1 N–H and O–H groups in total. The molecular formula is C13H23N3O2. The monoisotopic (exact) mass is 253 g/mol. The van der Waals surface area contributed by atoms with Crippen molar-refractivity contribution >= 4 is 0 Å². The van der Waals surface area contributed by atoms with Gasteiger partial charge in [-0.15, -0.1) is 0 Å². The van der Waals surface area contributed by atoms with Crippen molar-refractivity contribution in [2.24, 2.45) is 0 Å². The molecule has 2 rings (SSSR count). The second-order valence-corrected chi connectivity index (χ2v) is 4.66. The first-order valence-electron chi connectivity index (χ1n) is 6.69. The highest BCUT2D eigenvalue weighted by atomic mass is 16.5. The summed E-state index contributed by atoms with van der Waals surface area (Å²) in [6.45, 7) is 5.11. The van der Waals surface area contributed by atoms with Gasteiger partial charge in [-0.05, 0) is 19.4 Å². The highest BCUT2D eigenvalue weighted by molar-refractivity contribution is 5.08. The van der Waals surface area contributed by atoms with Gasteiger partial charge in [0.05, 0.1) is 26.1 Å². The minimum atomic E-state index is 0.597. The second-order valence-electron chi connectivity index (χ2n) is 4.66. The maximum atomic E-state index is 5.50. The van der Waals surface area contributed by atoms with Gasteiger partial charge in [0.1, 0.15) is 0 Å². The SMILES string of the molecule is COCCOCCn1cncc1C1CCCNC1. The van der Waals surface area contributed by atoms with Crippen molar-refractivity contribution in [2.75, 3.05) is 40.0 Å². The minimum Gasteiger partial charge on any atom is -0.382 e. The molecule has 5 heteroatoms. The van der Waals surface area contributed by atoms with Crippen LogP contribution in [0.2, 0.25) is 0 Å². The third-order valence-electron chi connectivity index (χ3n) is 3.37. The van der Waals surface area contributed by atoms with Crippen molar-refractivity contribution in [3.05, 3.63) is 18.2 Å². The van der Waals surface area contributed by atoms with Crippen molar-refractivity contribution in [1.29, 1.82) is 0 Å². The van der Waals surface area contributed by atoms with Crippen LogP contribution in [0.4, 0.5) is 0 Å². The summed E-state index contributed by atoms with van der Waals surface area (Å²) in [5.41, 5.74) is 1.33. The minimum absolute atomic E-state index is 0.597. The lowest BCUT2D eigenvalue weighted by atomic mass is 9.96. The van der Waals surface area contributed by atoms with Crippen LogP contribution in [-0.4, -0.2) is 49.6 Å². The molecule has 0 bridgehead atoms. The van der Waals surface area contributed by atoms with Crippen LogP contribution in [0.3, 0.4) is 0 Å². The summed E-state index contributed by atoms with van der Waals surface area (Å²) in [5, 5.41) is 3.45. The fourth-order valence-electron chi connectivity index (χ4n) is 2.37. The quantitative estimate of drug-likeness (QED) is 0.737. The molecule has 0 amide bonds. The van der Waals surface area contributed by atoms with Crippen molar-refractivity contribution in [3.8, 4) is 0 Å². The Labute approximate surface area is 108 Å². The Morgan fingerprint density at radius 2 is 2.39 bits per heavy atom. The molecule has 0 saturated carbocycles. The molecule has 0 spiro atoms. The fraction of sp³-hybridized carbons (Fsp3) is 0.769. The summed E-state index contributed by atoms with van der Waals surface area (Å²) in [6, 6.07) is 0. The molecule has 1 unspecified atom stereocenters. The topological polar surface area (TPSA) is 48.3 Å². The lowest BCUT2D eigenvalue weighted by Gasteiger charge is -2.23. The van der Waals surface area contributed by atoms with Gasteiger partial charge in [0, 0.05) is 38.0 Å². The lowest BCUT2D eigenvalue weighted by Crippen LogP contribution is -2.29. The van der Waals surface area contributed by atoms with E-state index in [9.17, 15) is 0 Å². The van der Waals surface area contributed by atoms with Crippen LogP contribution < -0.4 is 5.32 Å². The maximum absolute atomic E-state index is 5.50. The van der Waals surface area contributed by atoms with Crippen molar-refractivity contribution in [2.45, 2.75) is 25.3 Å². The van der Waals surface area contributed by atoms with Crippen molar-refractivity contribution in [3.63, 3.8) is 0 Å². The summed E-state index contributed by atoms with van der Waals surface area (Å²) >= 11 is 0. The van der Waals surface area contributed by atoms with E-state index < -0.39 is 0 Å². The Balaban J connectivity index is 1.79. The molecule has 102 valence electrons. The van der Waals surface area contributed by atoms with Gasteiger partial charge in [-0.3, -0.25) is 0 Å². The van der Waals surface area contributed by atoms with Gasteiger partial charge in [0.15, 0.2) is 0 Å². The number of aromatic nitrogens is 2. The number of methoxy groups -OCH3 is 1. The van der Waals surface area contributed by atoms with Gasteiger partial charge in [0.25, 0.3) is 0 Å². The largest absolute Gasteiger partial charge is 0.382 e. The maximum Gasteiger partial charge on any atom is 0.0949 e. The van der Waals surface area contributed by atoms with E-state index in [1.165, 1.54) is 18.5 Å². The van der Waals surface area contributed by atoms with Gasteiger partial charge < -0.3 is 19.4 Å². The third kappa shape index (κ3) is 3.80. The summed E-state index contributed by atoms with van der Waals surface area (Å²) in [7, 11) is 1.69. The molecule has 1 saturated heterocycles. The van der Waals surface area contributed by atoms with Crippen LogP contribution in [0, 0.1) is 0 Å². The molecule has 0 aromatic carbocycles. The molecule has 1 aromatic heterocycles. The third-order valence-corrected chi connectivity index (χ3v) is 3.37. The normalized spacial score (nSPS) is 20.2. The Kier molecular flexibility index (Phi) is 5.64. The number of ether oxygens (including phenoxy) is 2. The molecule has 2 heterocycles. The average Bonchev–Trinajstić information content (AvgIpc) is 2.88. The first kappa shape index (κ1) is 13.5. The highest BCUT2D eigenvalue weighted by Crippen LogP contribution is 2.22. The molecule has 1 aromatic rings. The predicted octanol–water partition coefficient (Wildman–Crippen LogP) is 1.01. The van der Waals surface area contributed by atoms with E-state index in [1.54, 1.807) is 7.11 Å². The number of hydrogen-bond donors (Lipinski definition) is 1. The number of imidazole rings is 1. The lowest BCUT2D eigenvalue weighted by molar-refractivity contribution is 0.0662. The Hall–Kier alpha value is -0.910. The Morgan fingerprint density at radius 3 is 3.17 bits per heavy atom. The van der Waals surface area contributed by atoms with E-state index in [2.05, 4.69) is 14.9 Å². The first-order valence-corrected chi connectivity index (χ1v) is 6.69. The summed E-state index contributed by atoms with van der Waals surface area (Å²) in [5.74, 6) is 0.597. The van der Waals surface area contributed by atoms with Crippen molar-refractivity contribution in [1.82, 2.24) is 14.9 Å². The van der Waals surface area contributed by atoms with E-state index in [0.717, 1.165) is 19.6 Å². The Morgan fingerprint density at radius 1 is 1.44 bits per heavy atom. The van der Waals surface area contributed by atoms with E-state index in [4.69, 9.17) is 9.47 Å². The molecule has 0 aliphatic carbocycles. The van der Waals surface area contributed by atoms with E-state index in [1.807, 2.05) is 12.5 Å². The van der Waals surface area contributed by atoms with Gasteiger partial charge in [-0.2, -0.15) is 0 Å². The molecular weight excluding hydrogens is 230 g/mol. The number of nitrogens with one attached hydrogen (secondary N) is 1. The molecule has 1 atom stereocenters. The molecule has 0 radical (unpaired) electrons. The summed E-state index contributed by atoms with van der Waals surface area (Å²) < 4.78 is 12.7. The zero-order valence-electron chi connectivity index (χ0n) is 11.1. The molecule has 1 aliphatic heterocycles. The number of hydrogen-bond acceptors (Lipinski definition) is 4. The smallest absolute Gasteiger partial charge is 0.0949 e. The van der Waals surface area contributed by atoms with Crippen LogP contribution in [0.5, 0.6) is 0 Å². The molecule has 18 heavy (non-hydrogen) atoms. The standard InChI is InChI=1S/C13H23N3O2/c1-17-7-8-18-6-5-16-11-15-10-13(16)12-3-2-4-14-9-12/h10-12,14H,2-9H2,1H3. The van der Waals surface area contributed by atoms with E-state index >= 15 is 0 Å². The fourth-order valence-corrected chi connectivity index (χ4v) is 2.37. The number of rotatable bonds is 7. The summed E-state index contributed by atoms with van der Waals surface area (Å²) in [4.78, 5) is 4.27. The number of piperidine rings is 1. The zero-order chi connectivity index (χ0) is 12.6. The van der Waals surface area contributed by atoms with Crippen molar-refractivity contribution < 1.29 is 9.47 Å². The van der Waals surface area contributed by atoms with Gasteiger partial charge >= 0.3 is 0 Å². The van der Waals surface area contributed by atoms with Crippen LogP contribution in [0.25, 0.3) is 0 Å². The van der Waals surface area contributed by atoms with Crippen LogP contribution in [0.15, 0.2) is 12.5 Å².